The van der Waals surface area contributed by atoms with Gasteiger partial charge in [-0.15, -0.1) is 0 Å². The van der Waals surface area contributed by atoms with Crippen molar-refractivity contribution in [2.24, 2.45) is 10.3 Å². The molecule has 3 rings (SSSR count). The lowest BCUT2D eigenvalue weighted by atomic mass is 9.86. The van der Waals surface area contributed by atoms with Crippen LogP contribution in [0.5, 0.6) is 0 Å². The maximum absolute atomic E-state index is 12.8. The highest BCUT2D eigenvalue weighted by Gasteiger charge is 2.28. The number of anilines is 1. The Hall–Kier alpha value is -1.67. The summed E-state index contributed by atoms with van der Waals surface area (Å²) in [6, 6.07) is 2.49. The molecule has 1 N–H and O–H groups in total. The van der Waals surface area contributed by atoms with Crippen LogP contribution in [0.15, 0.2) is 23.0 Å². The van der Waals surface area contributed by atoms with E-state index in [1.165, 1.54) is 0 Å². The number of H-pyrrole nitrogens is 1. The average molecular weight is 365 g/mol. The number of hydrogen-bond donors (Lipinski definition) is 1. The summed E-state index contributed by atoms with van der Waals surface area (Å²) in [5.41, 5.74) is 0.876. The lowest BCUT2D eigenvalue weighted by molar-refractivity contribution is 0.340. The molecule has 2 aromatic rings. The third-order valence-corrected chi connectivity index (χ3v) is 7.96. The highest BCUT2D eigenvalue weighted by molar-refractivity contribution is 7.91. The van der Waals surface area contributed by atoms with Crippen molar-refractivity contribution in [3.63, 3.8) is 0 Å². The molecule has 1 atom stereocenters. The van der Waals surface area contributed by atoms with E-state index in [9.17, 15) is 4.21 Å². The Labute approximate surface area is 150 Å². The quantitative estimate of drug-likeness (QED) is 0.884. The van der Waals surface area contributed by atoms with Crippen LogP contribution in [0.2, 0.25) is 0 Å². The van der Waals surface area contributed by atoms with Gasteiger partial charge in [-0.3, -0.25) is 0 Å². The predicted molar refractivity (Wildman–Crippen MR) is 103 cm³/mol. The summed E-state index contributed by atoms with van der Waals surface area (Å²) >= 11 is 0. The topological polar surface area (TPSA) is 77.5 Å². The maximum Gasteiger partial charge on any atom is 0.142 e. The van der Waals surface area contributed by atoms with Crippen molar-refractivity contribution in [1.29, 1.82) is 0 Å². The van der Waals surface area contributed by atoms with Gasteiger partial charge in [0.15, 0.2) is 0 Å². The third kappa shape index (κ3) is 3.64. The molecule has 2 aromatic heterocycles. The standard InChI is InChI=1S/C17H28N6OS/c1-18-25(24,22(2)3)11-13-5-7-14(8-6-13)23(4)17-15-9-10-19-16(15)20-12-21-17/h9-10,12-14H,5-8,11H2,1-4H3,(H,19,20,21). The fraction of sp³-hybridized carbons (Fsp3) is 0.647. The minimum atomic E-state index is -2.23. The van der Waals surface area contributed by atoms with Crippen molar-refractivity contribution in [2.75, 3.05) is 38.8 Å². The summed E-state index contributed by atoms with van der Waals surface area (Å²) in [5, 5.41) is 1.06. The number of nitrogens with one attached hydrogen (secondary N) is 1. The minimum absolute atomic E-state index is 0.457. The number of rotatable bonds is 5. The second-order valence-corrected chi connectivity index (χ2v) is 9.63. The summed E-state index contributed by atoms with van der Waals surface area (Å²) < 4.78 is 18.7. The van der Waals surface area contributed by atoms with E-state index in [2.05, 4.69) is 31.3 Å². The van der Waals surface area contributed by atoms with Gasteiger partial charge in [0, 0.05) is 46.2 Å². The van der Waals surface area contributed by atoms with Crippen molar-refractivity contribution in [3.8, 4) is 0 Å². The number of fused-ring (bicyclic) bond motifs is 1. The van der Waals surface area contributed by atoms with Gasteiger partial charge in [-0.05, 0) is 37.7 Å². The van der Waals surface area contributed by atoms with Gasteiger partial charge < -0.3 is 9.88 Å². The molecule has 1 aliphatic carbocycles. The summed E-state index contributed by atoms with van der Waals surface area (Å²) in [7, 11) is 5.25. The fourth-order valence-electron chi connectivity index (χ4n) is 3.71. The molecule has 8 heteroatoms. The molecule has 0 amide bonds. The SMILES string of the molecule is CN=S(=O)(CC1CCC(N(C)c2ncnc3[nH]ccc23)CC1)N(C)C. The van der Waals surface area contributed by atoms with Gasteiger partial charge in [-0.25, -0.2) is 22.8 Å². The largest absolute Gasteiger partial charge is 0.356 e. The zero-order valence-corrected chi connectivity index (χ0v) is 16.3. The van der Waals surface area contributed by atoms with E-state index in [1.807, 2.05) is 26.4 Å². The summed E-state index contributed by atoms with van der Waals surface area (Å²) in [4.78, 5) is 14.2. The monoisotopic (exact) mass is 364 g/mol. The fourth-order valence-corrected chi connectivity index (χ4v) is 5.43. The molecule has 1 saturated carbocycles. The van der Waals surface area contributed by atoms with E-state index in [0.29, 0.717) is 17.7 Å². The first-order chi connectivity index (χ1) is 11.9. The number of aromatic nitrogens is 3. The second-order valence-electron chi connectivity index (χ2n) is 6.99. The van der Waals surface area contributed by atoms with E-state index in [0.717, 1.165) is 42.5 Å². The molecular weight excluding hydrogens is 336 g/mol. The Morgan fingerprint density at radius 2 is 1.96 bits per heavy atom. The van der Waals surface area contributed by atoms with Crippen LogP contribution in [0.1, 0.15) is 25.7 Å². The Morgan fingerprint density at radius 1 is 1.24 bits per heavy atom. The highest BCUT2D eigenvalue weighted by atomic mass is 32.2. The van der Waals surface area contributed by atoms with Gasteiger partial charge in [0.1, 0.15) is 27.7 Å². The lowest BCUT2D eigenvalue weighted by Gasteiger charge is -2.36. The van der Waals surface area contributed by atoms with E-state index in [1.54, 1.807) is 17.7 Å². The van der Waals surface area contributed by atoms with Gasteiger partial charge >= 0.3 is 0 Å². The minimum Gasteiger partial charge on any atom is -0.356 e. The summed E-state index contributed by atoms with van der Waals surface area (Å²) in [6.45, 7) is 0. The molecule has 7 nitrogen and oxygen atoms in total. The van der Waals surface area contributed by atoms with Gasteiger partial charge in [0.05, 0.1) is 5.39 Å². The molecule has 0 radical (unpaired) electrons. The van der Waals surface area contributed by atoms with E-state index >= 15 is 0 Å². The first-order valence-corrected chi connectivity index (χ1v) is 10.4. The van der Waals surface area contributed by atoms with Crippen molar-refractivity contribution >= 4 is 26.8 Å². The van der Waals surface area contributed by atoms with E-state index < -0.39 is 9.92 Å². The average Bonchev–Trinajstić information content (AvgIpc) is 3.10. The van der Waals surface area contributed by atoms with Crippen LogP contribution in [0.4, 0.5) is 5.82 Å². The predicted octanol–water partition coefficient (Wildman–Crippen LogP) is 2.53. The first-order valence-electron chi connectivity index (χ1n) is 8.76. The van der Waals surface area contributed by atoms with Crippen LogP contribution in [0.25, 0.3) is 11.0 Å². The summed E-state index contributed by atoms with van der Waals surface area (Å²) in [6.07, 6.45) is 7.85. The van der Waals surface area contributed by atoms with Crippen molar-refractivity contribution in [2.45, 2.75) is 31.7 Å². The number of aromatic amines is 1. The molecule has 0 aromatic carbocycles. The molecule has 0 saturated heterocycles. The molecule has 25 heavy (non-hydrogen) atoms. The van der Waals surface area contributed by atoms with E-state index in [4.69, 9.17) is 0 Å². The number of nitrogens with zero attached hydrogens (tertiary/aromatic N) is 5. The van der Waals surface area contributed by atoms with Crippen LogP contribution < -0.4 is 4.90 Å². The molecule has 0 bridgehead atoms. The summed E-state index contributed by atoms with van der Waals surface area (Å²) in [5.74, 6) is 2.12. The van der Waals surface area contributed by atoms with Crippen molar-refractivity contribution < 1.29 is 4.21 Å². The number of hydrogen-bond acceptors (Lipinski definition) is 5. The molecule has 138 valence electrons. The molecular formula is C17H28N6OS. The van der Waals surface area contributed by atoms with E-state index in [-0.39, 0.29) is 0 Å². The molecule has 0 aliphatic heterocycles. The second kappa shape index (κ2) is 7.29. The van der Waals surface area contributed by atoms with Gasteiger partial charge in [-0.1, -0.05) is 0 Å². The van der Waals surface area contributed by atoms with Crippen LogP contribution in [-0.4, -0.2) is 63.5 Å². The molecule has 0 spiro atoms. The van der Waals surface area contributed by atoms with Crippen LogP contribution >= 0.6 is 0 Å². The van der Waals surface area contributed by atoms with Gasteiger partial charge in [0.2, 0.25) is 0 Å². The Kier molecular flexibility index (Phi) is 5.29. The lowest BCUT2D eigenvalue weighted by Crippen LogP contribution is -2.38. The zero-order valence-electron chi connectivity index (χ0n) is 15.5. The maximum atomic E-state index is 12.8. The molecule has 1 aliphatic rings. The molecule has 2 heterocycles. The van der Waals surface area contributed by atoms with Crippen LogP contribution in [0, 0.1) is 5.92 Å². The van der Waals surface area contributed by atoms with Gasteiger partial charge in [0.25, 0.3) is 0 Å². The Balaban J connectivity index is 1.66. The Bertz CT molecular complexity index is 831. The van der Waals surface area contributed by atoms with Crippen molar-refractivity contribution in [3.05, 3.63) is 18.6 Å². The first kappa shape index (κ1) is 18.1. The van der Waals surface area contributed by atoms with Gasteiger partial charge in [-0.2, -0.15) is 0 Å². The molecule has 1 fully saturated rings. The smallest absolute Gasteiger partial charge is 0.142 e. The van der Waals surface area contributed by atoms with Crippen LogP contribution in [-0.2, 0) is 9.92 Å². The highest BCUT2D eigenvalue weighted by Crippen LogP contribution is 2.32. The normalized spacial score (nSPS) is 23.6. The van der Waals surface area contributed by atoms with Crippen molar-refractivity contribution in [1.82, 2.24) is 19.3 Å². The zero-order chi connectivity index (χ0) is 18.0. The molecule has 1 unspecified atom stereocenters. The Morgan fingerprint density at radius 3 is 2.60 bits per heavy atom. The van der Waals surface area contributed by atoms with Crippen LogP contribution in [0.3, 0.4) is 0 Å². The third-order valence-electron chi connectivity index (χ3n) is 5.34.